The van der Waals surface area contributed by atoms with Crippen LogP contribution in [0.15, 0.2) is 40.9 Å². The molecule has 0 saturated heterocycles. The van der Waals surface area contributed by atoms with Crippen LogP contribution in [-0.4, -0.2) is 12.0 Å². The third kappa shape index (κ3) is 3.70. The molecule has 0 aliphatic rings. The van der Waals surface area contributed by atoms with E-state index >= 15 is 0 Å². The van der Waals surface area contributed by atoms with E-state index in [0.717, 1.165) is 26.9 Å². The van der Waals surface area contributed by atoms with Crippen LogP contribution in [0.1, 0.15) is 16.7 Å². The largest absolute Gasteiger partial charge is 0.496 e. The van der Waals surface area contributed by atoms with E-state index in [1.165, 1.54) is 12.1 Å². The van der Waals surface area contributed by atoms with Crippen molar-refractivity contribution < 1.29 is 9.66 Å². The maximum absolute atomic E-state index is 10.6. The molecule has 0 atom stereocenters. The molecule has 0 heterocycles. The van der Waals surface area contributed by atoms with E-state index in [9.17, 15) is 10.1 Å². The van der Waals surface area contributed by atoms with Gasteiger partial charge in [-0.3, -0.25) is 10.1 Å². The van der Waals surface area contributed by atoms with E-state index in [4.69, 9.17) is 4.74 Å². The van der Waals surface area contributed by atoms with Gasteiger partial charge in [0.15, 0.2) is 0 Å². The third-order valence-corrected chi connectivity index (χ3v) is 3.49. The summed E-state index contributed by atoms with van der Waals surface area (Å²) >= 11 is 3.46. The minimum absolute atomic E-state index is 0.0861. The molecule has 0 aromatic heterocycles. The molecule has 21 heavy (non-hydrogen) atoms. The summed E-state index contributed by atoms with van der Waals surface area (Å²) in [7, 11) is 1.64. The second kappa shape index (κ2) is 6.54. The standard InChI is InChI=1S/C16H14BrNO3/c1-11-9-14(17)10-13(16(11)21-2)6-3-12-4-7-15(8-5-12)18(19)20/h3-10H,1-2H3/b6-3+. The Labute approximate surface area is 131 Å². The molecular formula is C16H14BrNO3. The molecule has 0 bridgehead atoms. The Kier molecular flexibility index (Phi) is 4.75. The molecule has 2 aromatic carbocycles. The number of nitro groups is 1. The highest BCUT2D eigenvalue weighted by Gasteiger charge is 2.06. The zero-order valence-corrected chi connectivity index (χ0v) is 13.3. The van der Waals surface area contributed by atoms with Crippen LogP contribution in [0, 0.1) is 17.0 Å². The maximum Gasteiger partial charge on any atom is 0.269 e. The van der Waals surface area contributed by atoms with Crippen LogP contribution in [0.25, 0.3) is 12.2 Å². The zero-order valence-electron chi connectivity index (χ0n) is 11.7. The minimum atomic E-state index is -0.409. The highest BCUT2D eigenvalue weighted by atomic mass is 79.9. The van der Waals surface area contributed by atoms with Gasteiger partial charge in [-0.1, -0.05) is 28.1 Å². The summed E-state index contributed by atoms with van der Waals surface area (Å²) in [6.45, 7) is 1.98. The molecule has 0 amide bonds. The third-order valence-electron chi connectivity index (χ3n) is 3.03. The van der Waals surface area contributed by atoms with Crippen molar-refractivity contribution in [1.29, 1.82) is 0 Å². The molecule has 0 fully saturated rings. The summed E-state index contributed by atoms with van der Waals surface area (Å²) in [4.78, 5) is 10.2. The summed E-state index contributed by atoms with van der Waals surface area (Å²) in [5.74, 6) is 0.816. The summed E-state index contributed by atoms with van der Waals surface area (Å²) in [6.07, 6.45) is 3.82. The van der Waals surface area contributed by atoms with Crippen LogP contribution < -0.4 is 4.74 Å². The Morgan fingerprint density at radius 1 is 1.19 bits per heavy atom. The second-order valence-electron chi connectivity index (χ2n) is 4.53. The molecule has 0 radical (unpaired) electrons. The van der Waals surface area contributed by atoms with Gasteiger partial charge in [-0.15, -0.1) is 0 Å². The average Bonchev–Trinajstić information content (AvgIpc) is 2.45. The average molecular weight is 348 g/mol. The number of hydrogen-bond donors (Lipinski definition) is 0. The second-order valence-corrected chi connectivity index (χ2v) is 5.44. The number of non-ortho nitro benzene ring substituents is 1. The predicted octanol–water partition coefficient (Wildman–Crippen LogP) is 4.84. The van der Waals surface area contributed by atoms with Crippen molar-refractivity contribution in [2.24, 2.45) is 0 Å². The molecule has 0 unspecified atom stereocenters. The van der Waals surface area contributed by atoms with Gasteiger partial charge < -0.3 is 4.74 Å². The van der Waals surface area contributed by atoms with Crippen LogP contribution in [0.5, 0.6) is 5.75 Å². The first-order chi connectivity index (χ1) is 10.0. The van der Waals surface area contributed by atoms with Gasteiger partial charge in [-0.2, -0.15) is 0 Å². The van der Waals surface area contributed by atoms with Crippen LogP contribution in [-0.2, 0) is 0 Å². The van der Waals surface area contributed by atoms with Gasteiger partial charge >= 0.3 is 0 Å². The van der Waals surface area contributed by atoms with Crippen molar-refractivity contribution >= 4 is 33.8 Å². The number of rotatable bonds is 4. The Hall–Kier alpha value is -2.14. The molecule has 2 rings (SSSR count). The molecule has 0 aliphatic heterocycles. The fourth-order valence-electron chi connectivity index (χ4n) is 2.05. The highest BCUT2D eigenvalue weighted by Crippen LogP contribution is 2.29. The molecule has 2 aromatic rings. The Balaban J connectivity index is 2.31. The summed E-state index contributed by atoms with van der Waals surface area (Å²) in [5, 5.41) is 10.6. The van der Waals surface area contributed by atoms with Crippen LogP contribution >= 0.6 is 15.9 Å². The predicted molar refractivity (Wildman–Crippen MR) is 87.5 cm³/mol. The van der Waals surface area contributed by atoms with Crippen LogP contribution in [0.3, 0.4) is 0 Å². The van der Waals surface area contributed by atoms with Gasteiger partial charge in [0.05, 0.1) is 12.0 Å². The number of nitro benzene ring substituents is 1. The first kappa shape index (κ1) is 15.3. The van der Waals surface area contributed by atoms with E-state index in [1.54, 1.807) is 19.2 Å². The fourth-order valence-corrected chi connectivity index (χ4v) is 2.64. The van der Waals surface area contributed by atoms with Gasteiger partial charge in [0.25, 0.3) is 5.69 Å². The zero-order chi connectivity index (χ0) is 15.4. The van der Waals surface area contributed by atoms with Crippen LogP contribution in [0.2, 0.25) is 0 Å². The van der Waals surface area contributed by atoms with Gasteiger partial charge in [0, 0.05) is 22.2 Å². The molecule has 0 N–H and O–H groups in total. The molecule has 0 spiro atoms. The maximum atomic E-state index is 10.6. The Bertz CT molecular complexity index is 693. The summed E-state index contributed by atoms with van der Waals surface area (Å²) in [6, 6.07) is 10.4. The van der Waals surface area contributed by atoms with Crippen molar-refractivity contribution in [3.8, 4) is 5.75 Å². The van der Waals surface area contributed by atoms with Gasteiger partial charge in [-0.05, 0) is 42.3 Å². The van der Waals surface area contributed by atoms with E-state index in [1.807, 2.05) is 31.2 Å². The SMILES string of the molecule is COc1c(C)cc(Br)cc1/C=C/c1ccc([N+](=O)[O-])cc1. The number of ether oxygens (including phenoxy) is 1. The normalized spacial score (nSPS) is 10.8. The smallest absolute Gasteiger partial charge is 0.269 e. The molecule has 108 valence electrons. The first-order valence-corrected chi connectivity index (χ1v) is 7.07. The summed E-state index contributed by atoms with van der Waals surface area (Å²) < 4.78 is 6.38. The van der Waals surface area contributed by atoms with E-state index in [-0.39, 0.29) is 5.69 Å². The van der Waals surface area contributed by atoms with Crippen molar-refractivity contribution in [2.75, 3.05) is 7.11 Å². The molecule has 4 nitrogen and oxygen atoms in total. The minimum Gasteiger partial charge on any atom is -0.496 e. The van der Waals surface area contributed by atoms with Crippen molar-refractivity contribution in [3.63, 3.8) is 0 Å². The molecule has 0 aliphatic carbocycles. The first-order valence-electron chi connectivity index (χ1n) is 6.28. The van der Waals surface area contributed by atoms with Gasteiger partial charge in [0.1, 0.15) is 5.75 Å². The van der Waals surface area contributed by atoms with Crippen molar-refractivity contribution in [3.05, 3.63) is 67.7 Å². The fraction of sp³-hybridized carbons (Fsp3) is 0.125. The molecule has 0 saturated carbocycles. The van der Waals surface area contributed by atoms with Gasteiger partial charge in [0.2, 0.25) is 0 Å². The Morgan fingerprint density at radius 2 is 1.86 bits per heavy atom. The number of hydrogen-bond acceptors (Lipinski definition) is 3. The quantitative estimate of drug-likeness (QED) is 0.451. The number of nitrogens with zero attached hydrogens (tertiary/aromatic N) is 1. The Morgan fingerprint density at radius 3 is 2.43 bits per heavy atom. The number of methoxy groups -OCH3 is 1. The molecular weight excluding hydrogens is 334 g/mol. The van der Waals surface area contributed by atoms with Crippen molar-refractivity contribution in [2.45, 2.75) is 6.92 Å². The van der Waals surface area contributed by atoms with E-state index in [0.29, 0.717) is 0 Å². The van der Waals surface area contributed by atoms with Crippen LogP contribution in [0.4, 0.5) is 5.69 Å². The number of benzene rings is 2. The molecule has 5 heteroatoms. The summed E-state index contributed by atoms with van der Waals surface area (Å²) in [5.41, 5.74) is 2.96. The lowest BCUT2D eigenvalue weighted by atomic mass is 10.1. The topological polar surface area (TPSA) is 52.4 Å². The lowest BCUT2D eigenvalue weighted by Gasteiger charge is -2.09. The lowest BCUT2D eigenvalue weighted by molar-refractivity contribution is -0.384. The monoisotopic (exact) mass is 347 g/mol. The van der Waals surface area contributed by atoms with Gasteiger partial charge in [-0.25, -0.2) is 0 Å². The van der Waals surface area contributed by atoms with Crippen molar-refractivity contribution in [1.82, 2.24) is 0 Å². The lowest BCUT2D eigenvalue weighted by Crippen LogP contribution is -1.91. The number of halogens is 1. The van der Waals surface area contributed by atoms with E-state index in [2.05, 4.69) is 15.9 Å². The highest BCUT2D eigenvalue weighted by molar-refractivity contribution is 9.10. The number of aryl methyl sites for hydroxylation is 1. The van der Waals surface area contributed by atoms with E-state index < -0.39 is 4.92 Å².